The Kier molecular flexibility index (Phi) is 4.20. The summed E-state index contributed by atoms with van der Waals surface area (Å²) in [5, 5.41) is 11.4. The Hall–Kier alpha value is -2.77. The van der Waals surface area contributed by atoms with Crippen LogP contribution in [0.1, 0.15) is 23.7 Å². The van der Waals surface area contributed by atoms with Gasteiger partial charge < -0.3 is 15.7 Å². The summed E-state index contributed by atoms with van der Waals surface area (Å²) in [5.41, 5.74) is 7.03. The van der Waals surface area contributed by atoms with Gasteiger partial charge >= 0.3 is 0 Å². The summed E-state index contributed by atoms with van der Waals surface area (Å²) in [7, 11) is 0. The number of fused-ring (bicyclic) bond motifs is 1. The van der Waals surface area contributed by atoms with Gasteiger partial charge in [-0.1, -0.05) is 23.7 Å². The molecule has 2 aromatic heterocycles. The highest BCUT2D eigenvalue weighted by atomic mass is 35.5. The largest absolute Gasteiger partial charge is 0.379 e. The molecule has 3 aromatic rings. The van der Waals surface area contributed by atoms with Crippen molar-refractivity contribution in [1.82, 2.24) is 15.0 Å². The van der Waals surface area contributed by atoms with Crippen LogP contribution in [-0.2, 0) is 12.0 Å². The predicted octanol–water partition coefficient (Wildman–Crippen LogP) is 3.20. The van der Waals surface area contributed by atoms with Gasteiger partial charge in [0, 0.05) is 18.4 Å². The Morgan fingerprint density at radius 1 is 1.26 bits per heavy atom. The molecule has 1 aliphatic rings. The molecule has 0 bridgehead atoms. The lowest BCUT2D eigenvalue weighted by Gasteiger charge is -2.26. The second kappa shape index (κ2) is 6.44. The van der Waals surface area contributed by atoms with Crippen molar-refractivity contribution in [2.24, 2.45) is 0 Å². The lowest BCUT2D eigenvalue weighted by atomic mass is 9.90. The van der Waals surface area contributed by atoms with Crippen molar-refractivity contribution in [2.75, 3.05) is 17.2 Å². The molecular formula is C19H17ClFN5O. The number of rotatable bonds is 3. The third kappa shape index (κ3) is 3.09. The van der Waals surface area contributed by atoms with Crippen LogP contribution >= 0.6 is 11.6 Å². The third-order valence-electron chi connectivity index (χ3n) is 4.76. The highest BCUT2D eigenvalue weighted by molar-refractivity contribution is 6.33. The lowest BCUT2D eigenvalue weighted by molar-refractivity contribution is 0.0970. The number of pyridine rings is 1. The minimum absolute atomic E-state index is 0.134. The van der Waals surface area contributed by atoms with Crippen molar-refractivity contribution in [3.63, 3.8) is 0 Å². The second-order valence-electron chi connectivity index (χ2n) is 6.58. The van der Waals surface area contributed by atoms with Crippen molar-refractivity contribution in [3.05, 3.63) is 70.4 Å². The van der Waals surface area contributed by atoms with E-state index in [-0.39, 0.29) is 11.6 Å². The van der Waals surface area contributed by atoms with Gasteiger partial charge in [-0.05, 0) is 42.7 Å². The van der Waals surface area contributed by atoms with Crippen molar-refractivity contribution in [3.8, 4) is 0 Å². The number of nitrogen functional groups attached to an aromatic ring is 1. The van der Waals surface area contributed by atoms with Crippen molar-refractivity contribution < 1.29 is 9.50 Å². The van der Waals surface area contributed by atoms with Crippen LogP contribution in [0.2, 0.25) is 5.02 Å². The predicted molar refractivity (Wildman–Crippen MR) is 101 cm³/mol. The number of hydrogen-bond donors (Lipinski definition) is 2. The van der Waals surface area contributed by atoms with Gasteiger partial charge in [0.1, 0.15) is 16.4 Å². The van der Waals surface area contributed by atoms with E-state index in [9.17, 15) is 9.50 Å². The number of aliphatic hydroxyl groups is 1. The summed E-state index contributed by atoms with van der Waals surface area (Å²) in [4.78, 5) is 14.2. The van der Waals surface area contributed by atoms with Gasteiger partial charge in [0.15, 0.2) is 5.82 Å². The average molecular weight is 386 g/mol. The SMILES string of the molecule is CC(O)(c1ccc2c(c1)N(c1nc(N)ncc1Cl)CC2)c1cc(F)ccn1. The molecule has 0 spiro atoms. The molecule has 1 atom stereocenters. The van der Waals surface area contributed by atoms with Crippen LogP contribution < -0.4 is 10.6 Å². The van der Waals surface area contributed by atoms with Gasteiger partial charge in [0.05, 0.1) is 11.9 Å². The number of hydrogen-bond acceptors (Lipinski definition) is 6. The minimum atomic E-state index is -1.46. The maximum absolute atomic E-state index is 13.6. The van der Waals surface area contributed by atoms with Crippen LogP contribution in [0, 0.1) is 5.82 Å². The zero-order valence-corrected chi connectivity index (χ0v) is 15.3. The molecule has 138 valence electrons. The number of benzene rings is 1. The van der Waals surface area contributed by atoms with E-state index < -0.39 is 11.4 Å². The van der Waals surface area contributed by atoms with Crippen molar-refractivity contribution >= 4 is 29.1 Å². The van der Waals surface area contributed by atoms with E-state index in [4.69, 9.17) is 17.3 Å². The quantitative estimate of drug-likeness (QED) is 0.719. The Labute approximate surface area is 160 Å². The van der Waals surface area contributed by atoms with Crippen LogP contribution in [0.3, 0.4) is 0 Å². The third-order valence-corrected chi connectivity index (χ3v) is 5.03. The molecule has 0 saturated carbocycles. The van der Waals surface area contributed by atoms with E-state index in [0.717, 1.165) is 17.7 Å². The Bertz CT molecular complexity index is 1030. The van der Waals surface area contributed by atoms with Gasteiger partial charge in [-0.3, -0.25) is 4.98 Å². The average Bonchev–Trinajstić information content (AvgIpc) is 3.07. The van der Waals surface area contributed by atoms with E-state index in [1.165, 1.54) is 24.5 Å². The van der Waals surface area contributed by atoms with E-state index in [0.29, 0.717) is 22.9 Å². The molecule has 27 heavy (non-hydrogen) atoms. The van der Waals surface area contributed by atoms with Gasteiger partial charge in [-0.2, -0.15) is 4.98 Å². The standard InChI is InChI=1S/C19H17ClFN5O/c1-19(27,16-9-13(21)4-6-23-16)12-3-2-11-5-7-26(15(11)8-12)17-14(20)10-24-18(22)25-17/h2-4,6,8-10,27H,5,7H2,1H3,(H2,22,24,25). The molecule has 4 rings (SSSR count). The highest BCUT2D eigenvalue weighted by Gasteiger charge is 2.31. The van der Waals surface area contributed by atoms with Crippen LogP contribution in [0.15, 0.2) is 42.7 Å². The Balaban J connectivity index is 1.78. The molecule has 0 aliphatic carbocycles. The zero-order chi connectivity index (χ0) is 19.2. The molecule has 1 unspecified atom stereocenters. The molecule has 3 heterocycles. The monoisotopic (exact) mass is 385 g/mol. The van der Waals surface area contributed by atoms with Crippen LogP contribution in [0.4, 0.5) is 21.8 Å². The number of halogens is 2. The number of aromatic nitrogens is 3. The van der Waals surface area contributed by atoms with Gasteiger partial charge in [-0.25, -0.2) is 9.37 Å². The summed E-state index contributed by atoms with van der Waals surface area (Å²) in [6, 6.07) is 8.09. The fourth-order valence-corrected chi connectivity index (χ4v) is 3.47. The second-order valence-corrected chi connectivity index (χ2v) is 6.98. The van der Waals surface area contributed by atoms with Gasteiger partial charge in [0.2, 0.25) is 5.95 Å². The molecule has 0 fully saturated rings. The molecule has 0 radical (unpaired) electrons. The van der Waals surface area contributed by atoms with E-state index in [1.54, 1.807) is 6.92 Å². The number of anilines is 3. The van der Waals surface area contributed by atoms with Gasteiger partial charge in [0.25, 0.3) is 0 Å². The Morgan fingerprint density at radius 3 is 2.85 bits per heavy atom. The topological polar surface area (TPSA) is 88.2 Å². The van der Waals surface area contributed by atoms with Crippen molar-refractivity contribution in [1.29, 1.82) is 0 Å². The maximum atomic E-state index is 13.6. The molecule has 1 aliphatic heterocycles. The zero-order valence-electron chi connectivity index (χ0n) is 14.5. The highest BCUT2D eigenvalue weighted by Crippen LogP contribution is 2.40. The first kappa shape index (κ1) is 17.6. The summed E-state index contributed by atoms with van der Waals surface area (Å²) in [6.07, 6.45) is 3.60. The maximum Gasteiger partial charge on any atom is 0.222 e. The number of nitrogens with two attached hydrogens (primary N) is 1. The first-order valence-corrected chi connectivity index (χ1v) is 8.77. The molecule has 0 saturated heterocycles. The molecule has 1 aromatic carbocycles. The van der Waals surface area contributed by atoms with Crippen LogP contribution in [-0.4, -0.2) is 26.6 Å². The summed E-state index contributed by atoms with van der Waals surface area (Å²) in [5.74, 6) is 0.199. The molecular weight excluding hydrogens is 369 g/mol. The van der Waals surface area contributed by atoms with E-state index >= 15 is 0 Å². The minimum Gasteiger partial charge on any atom is -0.379 e. The fourth-order valence-electron chi connectivity index (χ4n) is 3.28. The normalized spacial score (nSPS) is 15.5. The first-order valence-electron chi connectivity index (χ1n) is 8.39. The van der Waals surface area contributed by atoms with Crippen LogP contribution in [0.5, 0.6) is 0 Å². The van der Waals surface area contributed by atoms with Crippen LogP contribution in [0.25, 0.3) is 0 Å². The first-order chi connectivity index (χ1) is 12.9. The lowest BCUT2D eigenvalue weighted by Crippen LogP contribution is -2.25. The molecule has 3 N–H and O–H groups in total. The summed E-state index contributed by atoms with van der Waals surface area (Å²) >= 11 is 6.26. The molecule has 8 heteroatoms. The van der Waals surface area contributed by atoms with E-state index in [2.05, 4.69) is 15.0 Å². The molecule has 6 nitrogen and oxygen atoms in total. The fraction of sp³-hybridized carbons (Fsp3) is 0.211. The van der Waals surface area contributed by atoms with Crippen molar-refractivity contribution in [2.45, 2.75) is 18.9 Å². The smallest absolute Gasteiger partial charge is 0.222 e. The Morgan fingerprint density at radius 2 is 2.07 bits per heavy atom. The number of nitrogens with zero attached hydrogens (tertiary/aromatic N) is 4. The summed E-state index contributed by atoms with van der Waals surface area (Å²) < 4.78 is 13.6. The van der Waals surface area contributed by atoms with Gasteiger partial charge in [-0.15, -0.1) is 0 Å². The molecule has 0 amide bonds. The van der Waals surface area contributed by atoms with E-state index in [1.807, 2.05) is 23.1 Å². The summed E-state index contributed by atoms with van der Waals surface area (Å²) in [6.45, 7) is 2.26.